The lowest BCUT2D eigenvalue weighted by atomic mass is 9.93. The summed E-state index contributed by atoms with van der Waals surface area (Å²) < 4.78 is 27.0. The van der Waals surface area contributed by atoms with Crippen molar-refractivity contribution in [2.45, 2.75) is 43.0 Å². The van der Waals surface area contributed by atoms with Gasteiger partial charge in [0.15, 0.2) is 0 Å². The first kappa shape index (κ1) is 23.9. The topological polar surface area (TPSA) is 116 Å². The number of rotatable bonds is 8. The van der Waals surface area contributed by atoms with E-state index >= 15 is 0 Å². The Labute approximate surface area is 199 Å². The van der Waals surface area contributed by atoms with E-state index in [1.54, 1.807) is 19.1 Å². The number of hydrogen-bond donors (Lipinski definition) is 2. The Morgan fingerprint density at radius 1 is 1.06 bits per heavy atom. The Hall–Kier alpha value is -3.24. The van der Waals surface area contributed by atoms with Crippen LogP contribution in [-0.2, 0) is 26.0 Å². The van der Waals surface area contributed by atoms with Gasteiger partial charge in [0, 0.05) is 18.8 Å². The Balaban J connectivity index is 1.39. The quantitative estimate of drug-likeness (QED) is 0.558. The molecule has 1 atom stereocenters. The van der Waals surface area contributed by atoms with Crippen molar-refractivity contribution >= 4 is 33.6 Å². The van der Waals surface area contributed by atoms with Crippen LogP contribution in [-0.4, -0.2) is 60.6 Å². The van der Waals surface area contributed by atoms with E-state index in [1.807, 2.05) is 30.3 Å². The van der Waals surface area contributed by atoms with E-state index < -0.39 is 40.0 Å². The van der Waals surface area contributed by atoms with E-state index in [2.05, 4.69) is 10.6 Å². The number of amides is 4. The molecule has 0 aliphatic carbocycles. The van der Waals surface area contributed by atoms with E-state index in [4.69, 9.17) is 0 Å². The Morgan fingerprint density at radius 3 is 2.47 bits per heavy atom. The van der Waals surface area contributed by atoms with Gasteiger partial charge in [0.1, 0.15) is 12.1 Å². The monoisotopic (exact) mass is 484 g/mol. The summed E-state index contributed by atoms with van der Waals surface area (Å²) in [6.07, 6.45) is 2.65. The number of nitrogens with one attached hydrogen (secondary N) is 2. The molecule has 0 radical (unpaired) electrons. The molecule has 2 N–H and O–H groups in total. The molecule has 4 rings (SSSR count). The van der Waals surface area contributed by atoms with Crippen molar-refractivity contribution in [1.82, 2.24) is 14.5 Å². The van der Waals surface area contributed by atoms with Crippen molar-refractivity contribution in [2.75, 3.05) is 25.0 Å². The molecule has 0 spiro atoms. The number of anilines is 1. The average molecular weight is 485 g/mol. The van der Waals surface area contributed by atoms with Crippen LogP contribution in [0.4, 0.5) is 10.5 Å². The maximum Gasteiger partial charge on any atom is 0.325 e. The van der Waals surface area contributed by atoms with Gasteiger partial charge >= 0.3 is 6.03 Å². The molecule has 10 heteroatoms. The van der Waals surface area contributed by atoms with E-state index in [9.17, 15) is 22.8 Å². The van der Waals surface area contributed by atoms with Crippen LogP contribution < -0.4 is 10.6 Å². The molecule has 0 bridgehead atoms. The molecular weight excluding hydrogens is 456 g/mol. The Bertz CT molecular complexity index is 1190. The lowest BCUT2D eigenvalue weighted by Gasteiger charge is -2.21. The van der Waals surface area contributed by atoms with Gasteiger partial charge in [0.25, 0.3) is 5.91 Å². The van der Waals surface area contributed by atoms with Gasteiger partial charge in [-0.1, -0.05) is 36.4 Å². The number of carbonyl (C=O) groups excluding carboxylic acids is 3. The van der Waals surface area contributed by atoms with Crippen molar-refractivity contribution in [3.8, 4) is 0 Å². The lowest BCUT2D eigenvalue weighted by Crippen LogP contribution is -2.45. The fraction of sp³-hybridized carbons (Fsp3) is 0.375. The highest BCUT2D eigenvalue weighted by atomic mass is 32.2. The molecule has 2 aromatic carbocycles. The first-order valence-corrected chi connectivity index (χ1v) is 12.7. The second kappa shape index (κ2) is 9.55. The highest BCUT2D eigenvalue weighted by Gasteiger charge is 2.47. The van der Waals surface area contributed by atoms with Gasteiger partial charge in [-0.05, 0) is 56.4 Å². The highest BCUT2D eigenvalue weighted by molar-refractivity contribution is 7.89. The first-order chi connectivity index (χ1) is 16.2. The van der Waals surface area contributed by atoms with Gasteiger partial charge < -0.3 is 10.6 Å². The molecule has 0 saturated carbocycles. The summed E-state index contributed by atoms with van der Waals surface area (Å²) in [6.45, 7) is 2.15. The summed E-state index contributed by atoms with van der Waals surface area (Å²) >= 11 is 0. The standard InChI is InChI=1S/C24H28N4O5S/c1-24(13-12-18-8-3-2-4-9-18)22(30)28(23(31)26-24)17-21(29)25-19-10-7-11-20(16-19)34(32,33)27-14-5-6-15-27/h2-4,7-11,16H,5-6,12-15,17H2,1H3,(H,25,29)(H,26,31)/t24-/m0/s1. The van der Waals surface area contributed by atoms with Crippen LogP contribution in [0.3, 0.4) is 0 Å². The number of carbonyl (C=O) groups is 3. The maximum absolute atomic E-state index is 13.0. The number of urea groups is 1. The molecule has 2 aromatic rings. The summed E-state index contributed by atoms with van der Waals surface area (Å²) in [5.74, 6) is -1.06. The minimum absolute atomic E-state index is 0.0932. The van der Waals surface area contributed by atoms with Crippen LogP contribution >= 0.6 is 0 Å². The number of sulfonamides is 1. The van der Waals surface area contributed by atoms with Gasteiger partial charge in [-0.15, -0.1) is 0 Å². The number of aryl methyl sites for hydroxylation is 1. The van der Waals surface area contributed by atoms with Crippen molar-refractivity contribution in [1.29, 1.82) is 0 Å². The summed E-state index contributed by atoms with van der Waals surface area (Å²) in [5, 5.41) is 5.30. The summed E-state index contributed by atoms with van der Waals surface area (Å²) in [6, 6.07) is 15.0. The highest BCUT2D eigenvalue weighted by Crippen LogP contribution is 2.25. The molecule has 2 aliphatic heterocycles. The van der Waals surface area contributed by atoms with E-state index in [0.29, 0.717) is 25.9 Å². The average Bonchev–Trinajstić information content (AvgIpc) is 3.43. The number of benzene rings is 2. The molecular formula is C24H28N4O5S. The largest absolute Gasteiger partial charge is 0.325 e. The predicted octanol–water partition coefficient (Wildman–Crippen LogP) is 2.35. The summed E-state index contributed by atoms with van der Waals surface area (Å²) in [5.41, 5.74) is 0.228. The zero-order valence-electron chi connectivity index (χ0n) is 19.0. The number of imide groups is 1. The fourth-order valence-corrected chi connectivity index (χ4v) is 5.82. The molecule has 2 heterocycles. The van der Waals surface area contributed by atoms with Crippen molar-refractivity contribution in [2.24, 2.45) is 0 Å². The fourth-order valence-electron chi connectivity index (χ4n) is 4.26. The predicted molar refractivity (Wildman–Crippen MR) is 126 cm³/mol. The van der Waals surface area contributed by atoms with Gasteiger partial charge in [-0.3, -0.25) is 14.5 Å². The summed E-state index contributed by atoms with van der Waals surface area (Å²) in [4.78, 5) is 39.0. The van der Waals surface area contributed by atoms with Crippen LogP contribution in [0.15, 0.2) is 59.5 Å². The molecule has 2 fully saturated rings. The maximum atomic E-state index is 13.0. The smallest absolute Gasteiger partial charge is 0.324 e. The van der Waals surface area contributed by atoms with Gasteiger partial charge in [-0.2, -0.15) is 4.31 Å². The second-order valence-electron chi connectivity index (χ2n) is 8.83. The van der Waals surface area contributed by atoms with Crippen LogP contribution in [0.25, 0.3) is 0 Å². The van der Waals surface area contributed by atoms with Crippen molar-refractivity contribution in [3.63, 3.8) is 0 Å². The zero-order valence-corrected chi connectivity index (χ0v) is 19.8. The third-order valence-corrected chi connectivity index (χ3v) is 8.12. The third kappa shape index (κ3) is 4.97. The number of hydrogen-bond acceptors (Lipinski definition) is 5. The van der Waals surface area contributed by atoms with Gasteiger partial charge in [-0.25, -0.2) is 13.2 Å². The van der Waals surface area contributed by atoms with E-state index in [0.717, 1.165) is 23.3 Å². The lowest BCUT2D eigenvalue weighted by molar-refractivity contribution is -0.133. The molecule has 0 unspecified atom stereocenters. The summed E-state index contributed by atoms with van der Waals surface area (Å²) in [7, 11) is -3.63. The van der Waals surface area contributed by atoms with E-state index in [-0.39, 0.29) is 10.6 Å². The molecule has 180 valence electrons. The first-order valence-electron chi connectivity index (χ1n) is 11.3. The van der Waals surface area contributed by atoms with Crippen LogP contribution in [0, 0.1) is 0 Å². The van der Waals surface area contributed by atoms with Crippen LogP contribution in [0.5, 0.6) is 0 Å². The minimum Gasteiger partial charge on any atom is -0.324 e. The number of nitrogens with zero attached hydrogens (tertiary/aromatic N) is 2. The van der Waals surface area contributed by atoms with Crippen LogP contribution in [0.2, 0.25) is 0 Å². The normalized spacial score (nSPS) is 21.0. The molecule has 34 heavy (non-hydrogen) atoms. The van der Waals surface area contributed by atoms with Gasteiger partial charge in [0.2, 0.25) is 15.9 Å². The third-order valence-electron chi connectivity index (χ3n) is 6.22. The second-order valence-corrected chi connectivity index (χ2v) is 10.8. The molecule has 2 aliphatic rings. The Kier molecular flexibility index (Phi) is 6.72. The minimum atomic E-state index is -3.63. The molecule has 9 nitrogen and oxygen atoms in total. The zero-order chi connectivity index (χ0) is 24.3. The Morgan fingerprint density at radius 2 is 1.76 bits per heavy atom. The van der Waals surface area contributed by atoms with Crippen molar-refractivity contribution < 1.29 is 22.8 Å². The molecule has 2 saturated heterocycles. The molecule has 0 aromatic heterocycles. The molecule has 4 amide bonds. The van der Waals surface area contributed by atoms with Crippen LogP contribution in [0.1, 0.15) is 31.7 Å². The van der Waals surface area contributed by atoms with Gasteiger partial charge in [0.05, 0.1) is 4.90 Å². The van der Waals surface area contributed by atoms with Crippen molar-refractivity contribution in [3.05, 3.63) is 60.2 Å². The SMILES string of the molecule is C[C@@]1(CCc2ccccc2)NC(=O)N(CC(=O)Nc2cccc(S(=O)(=O)N3CCCC3)c2)C1=O. The van der Waals surface area contributed by atoms with E-state index in [1.165, 1.54) is 16.4 Å².